The second-order valence-corrected chi connectivity index (χ2v) is 9.90. The van der Waals surface area contributed by atoms with E-state index >= 15 is 0 Å². The van der Waals surface area contributed by atoms with E-state index in [2.05, 4.69) is 20.4 Å². The van der Waals surface area contributed by atoms with Gasteiger partial charge in [-0.15, -0.1) is 10.2 Å². The maximum atomic E-state index is 12.1. The lowest BCUT2D eigenvalue weighted by Crippen LogP contribution is -2.42. The number of para-hydroxylation sites is 1. The first-order valence-corrected chi connectivity index (χ1v) is 11.9. The van der Waals surface area contributed by atoms with Crippen LogP contribution in [0.15, 0.2) is 54.6 Å². The number of rotatable bonds is 6. The highest BCUT2D eigenvalue weighted by Gasteiger charge is 2.23. The van der Waals surface area contributed by atoms with Gasteiger partial charge in [-0.25, -0.2) is 0 Å². The monoisotopic (exact) mass is 475 g/mol. The molecule has 35 heavy (non-hydrogen) atoms. The van der Waals surface area contributed by atoms with E-state index in [1.54, 1.807) is 18.2 Å². The third-order valence-corrected chi connectivity index (χ3v) is 5.93. The minimum Gasteiger partial charge on any atom is -0.507 e. The minimum absolute atomic E-state index is 0.147. The molecule has 0 aliphatic carbocycles. The second-order valence-electron chi connectivity index (χ2n) is 9.90. The highest BCUT2D eigenvalue weighted by atomic mass is 16.6. The maximum Gasteiger partial charge on any atom is 0.320 e. The second kappa shape index (κ2) is 10.3. The lowest BCUT2D eigenvalue weighted by Gasteiger charge is -2.33. The topological polar surface area (TPSA) is 114 Å². The summed E-state index contributed by atoms with van der Waals surface area (Å²) >= 11 is 0. The molecule has 1 aliphatic heterocycles. The lowest BCUT2D eigenvalue weighted by molar-refractivity contribution is -0.156. The number of carbonyl (C=O) groups is 1. The van der Waals surface area contributed by atoms with E-state index < -0.39 is 5.60 Å². The van der Waals surface area contributed by atoms with Crippen molar-refractivity contribution < 1.29 is 14.6 Å². The van der Waals surface area contributed by atoms with Crippen LogP contribution in [0.5, 0.6) is 5.75 Å². The summed E-state index contributed by atoms with van der Waals surface area (Å²) in [6.07, 6.45) is 1.91. The van der Waals surface area contributed by atoms with Crippen LogP contribution in [-0.4, -0.2) is 57.5 Å². The number of nitrogen functional groups attached to an aromatic ring is 1. The molecule has 4 N–H and O–H groups in total. The van der Waals surface area contributed by atoms with Gasteiger partial charge in [0, 0.05) is 35.9 Å². The molecule has 1 fully saturated rings. The van der Waals surface area contributed by atoms with Crippen LogP contribution in [-0.2, 0) is 9.53 Å². The highest BCUT2D eigenvalue weighted by molar-refractivity contribution is 5.79. The van der Waals surface area contributed by atoms with Gasteiger partial charge < -0.3 is 20.9 Å². The number of benzene rings is 2. The van der Waals surface area contributed by atoms with Crippen LogP contribution < -0.4 is 11.1 Å². The average molecular weight is 476 g/mol. The maximum absolute atomic E-state index is 12.1. The van der Waals surface area contributed by atoms with Crippen LogP contribution in [0.25, 0.3) is 22.4 Å². The van der Waals surface area contributed by atoms with Crippen molar-refractivity contribution in [2.75, 3.05) is 30.7 Å². The number of aromatic nitrogens is 2. The number of carbonyl (C=O) groups excluding carboxylic acids is 1. The van der Waals surface area contributed by atoms with E-state index in [9.17, 15) is 9.90 Å². The Morgan fingerprint density at radius 2 is 1.77 bits per heavy atom. The van der Waals surface area contributed by atoms with Crippen molar-refractivity contribution in [3.8, 4) is 28.1 Å². The summed E-state index contributed by atoms with van der Waals surface area (Å²) in [6.45, 7) is 7.70. The molecule has 1 aromatic heterocycles. The molecule has 0 atom stereocenters. The van der Waals surface area contributed by atoms with Gasteiger partial charge in [0.05, 0.1) is 12.2 Å². The molecule has 0 spiro atoms. The Bertz CT molecular complexity index is 1170. The smallest absolute Gasteiger partial charge is 0.320 e. The van der Waals surface area contributed by atoms with Crippen molar-refractivity contribution in [3.05, 3.63) is 54.6 Å². The van der Waals surface area contributed by atoms with E-state index in [1.165, 1.54) is 0 Å². The van der Waals surface area contributed by atoms with Crippen LogP contribution in [0.4, 0.5) is 11.5 Å². The molecule has 0 saturated carbocycles. The number of aromatic hydroxyl groups is 1. The number of anilines is 2. The van der Waals surface area contributed by atoms with Gasteiger partial charge in [0.1, 0.15) is 11.4 Å². The molecule has 1 aliphatic rings. The number of phenols is 1. The van der Waals surface area contributed by atoms with Crippen LogP contribution >= 0.6 is 0 Å². The first-order valence-electron chi connectivity index (χ1n) is 11.9. The zero-order valence-corrected chi connectivity index (χ0v) is 20.5. The molecular weight excluding hydrogens is 442 g/mol. The molecule has 8 heteroatoms. The normalized spacial score (nSPS) is 15.1. The molecule has 184 valence electrons. The number of hydrogen-bond donors (Lipinski definition) is 3. The fraction of sp³-hybridized carbons (Fsp3) is 0.370. The molecule has 0 bridgehead atoms. The van der Waals surface area contributed by atoms with E-state index in [4.69, 9.17) is 10.5 Å². The number of nitrogens with two attached hydrogens (primary N) is 1. The van der Waals surface area contributed by atoms with Gasteiger partial charge in [-0.1, -0.05) is 24.3 Å². The largest absolute Gasteiger partial charge is 0.507 e. The van der Waals surface area contributed by atoms with E-state index in [0.717, 1.165) is 42.7 Å². The van der Waals surface area contributed by atoms with Crippen molar-refractivity contribution in [2.24, 2.45) is 0 Å². The highest BCUT2D eigenvalue weighted by Crippen LogP contribution is 2.32. The zero-order chi connectivity index (χ0) is 25.0. The van der Waals surface area contributed by atoms with Gasteiger partial charge in [0.25, 0.3) is 0 Å². The first-order chi connectivity index (χ1) is 16.7. The predicted octanol–water partition coefficient (Wildman–Crippen LogP) is 4.32. The predicted molar refractivity (Wildman–Crippen MR) is 138 cm³/mol. The van der Waals surface area contributed by atoms with Gasteiger partial charge in [0.15, 0.2) is 5.82 Å². The first kappa shape index (κ1) is 24.5. The van der Waals surface area contributed by atoms with Gasteiger partial charge >= 0.3 is 5.97 Å². The molecule has 0 unspecified atom stereocenters. The van der Waals surface area contributed by atoms with Crippen molar-refractivity contribution in [1.29, 1.82) is 0 Å². The van der Waals surface area contributed by atoms with Crippen LogP contribution in [0, 0.1) is 0 Å². The Kier molecular flexibility index (Phi) is 7.21. The number of hydrogen-bond acceptors (Lipinski definition) is 8. The molecule has 0 amide bonds. The van der Waals surface area contributed by atoms with Gasteiger partial charge in [-0.05, 0) is 69.5 Å². The van der Waals surface area contributed by atoms with Crippen molar-refractivity contribution in [3.63, 3.8) is 0 Å². The van der Waals surface area contributed by atoms with Gasteiger partial charge in [0.2, 0.25) is 0 Å². The zero-order valence-electron chi connectivity index (χ0n) is 20.5. The summed E-state index contributed by atoms with van der Waals surface area (Å²) < 4.78 is 5.43. The number of phenolic OH excluding ortho intramolecular Hbond substituents is 1. The summed E-state index contributed by atoms with van der Waals surface area (Å²) in [5, 5.41) is 22.0. The average Bonchev–Trinajstić information content (AvgIpc) is 2.81. The molecule has 1 saturated heterocycles. The Morgan fingerprint density at radius 1 is 1.09 bits per heavy atom. The number of likely N-dealkylation sites (tertiary alicyclic amines) is 1. The lowest BCUT2D eigenvalue weighted by atomic mass is 10.0. The Hall–Kier alpha value is -3.65. The fourth-order valence-corrected chi connectivity index (χ4v) is 4.23. The number of ether oxygens (including phenoxy) is 1. The van der Waals surface area contributed by atoms with Gasteiger partial charge in [-0.2, -0.15) is 0 Å². The molecule has 0 radical (unpaired) electrons. The molecule has 2 heterocycles. The van der Waals surface area contributed by atoms with E-state index in [-0.39, 0.29) is 11.7 Å². The Morgan fingerprint density at radius 3 is 2.43 bits per heavy atom. The summed E-state index contributed by atoms with van der Waals surface area (Å²) in [6, 6.07) is 17.3. The molecule has 4 rings (SSSR count). The summed E-state index contributed by atoms with van der Waals surface area (Å²) in [4.78, 5) is 14.2. The van der Waals surface area contributed by atoms with E-state index in [0.29, 0.717) is 29.7 Å². The van der Waals surface area contributed by atoms with Crippen molar-refractivity contribution in [2.45, 2.75) is 45.3 Å². The standard InChI is InChI=1S/C27H33N5O3/c1-27(2,3)35-25(34)17-32-14-12-20(13-15-32)29-19-10-8-18(9-11-19)22-16-23(30-31-26(22)28)21-6-4-5-7-24(21)33/h4-11,16,20,29,33H,12-15,17H2,1-3H3,(H2,28,31). The minimum atomic E-state index is -0.453. The third kappa shape index (κ3) is 6.48. The number of nitrogens with one attached hydrogen (secondary N) is 1. The Labute approximate surface area is 206 Å². The quantitative estimate of drug-likeness (QED) is 0.452. The summed E-state index contributed by atoms with van der Waals surface area (Å²) in [5.41, 5.74) is 9.55. The molecule has 2 aromatic carbocycles. The fourth-order valence-electron chi connectivity index (χ4n) is 4.23. The molecule has 8 nitrogen and oxygen atoms in total. The number of piperidine rings is 1. The van der Waals surface area contributed by atoms with Gasteiger partial charge in [-0.3, -0.25) is 9.69 Å². The van der Waals surface area contributed by atoms with Crippen LogP contribution in [0.1, 0.15) is 33.6 Å². The van der Waals surface area contributed by atoms with E-state index in [1.807, 2.05) is 57.2 Å². The van der Waals surface area contributed by atoms with Crippen molar-refractivity contribution in [1.82, 2.24) is 15.1 Å². The number of esters is 1. The third-order valence-electron chi connectivity index (χ3n) is 5.93. The van der Waals surface area contributed by atoms with Crippen LogP contribution in [0.2, 0.25) is 0 Å². The molecule has 3 aromatic rings. The Balaban J connectivity index is 1.36. The summed E-state index contributed by atoms with van der Waals surface area (Å²) in [5.74, 6) is 0.312. The number of nitrogens with zero attached hydrogens (tertiary/aromatic N) is 3. The van der Waals surface area contributed by atoms with Crippen LogP contribution in [0.3, 0.4) is 0 Å². The molecular formula is C27H33N5O3. The summed E-state index contributed by atoms with van der Waals surface area (Å²) in [7, 11) is 0. The van der Waals surface area contributed by atoms with Crippen molar-refractivity contribution >= 4 is 17.5 Å². The SMILES string of the molecule is CC(C)(C)OC(=O)CN1CCC(Nc2ccc(-c3cc(-c4ccccc4O)nnc3N)cc2)CC1.